The molecular formula is C28H25NO4. The van der Waals surface area contributed by atoms with E-state index in [0.29, 0.717) is 40.5 Å². The van der Waals surface area contributed by atoms with Crippen molar-refractivity contribution in [2.75, 3.05) is 5.32 Å². The summed E-state index contributed by atoms with van der Waals surface area (Å²) in [5, 5.41) is 13.2. The summed E-state index contributed by atoms with van der Waals surface area (Å²) in [6, 6.07) is 22.5. The number of fused-ring (bicyclic) bond motifs is 7. The zero-order valence-electron chi connectivity index (χ0n) is 18.1. The number of benzene rings is 3. The Kier molecular flexibility index (Phi) is 4.72. The van der Waals surface area contributed by atoms with Crippen LogP contribution in [-0.2, 0) is 0 Å². The van der Waals surface area contributed by atoms with Crippen molar-refractivity contribution in [2.24, 2.45) is 17.8 Å². The summed E-state index contributed by atoms with van der Waals surface area (Å²) >= 11 is 0. The highest BCUT2D eigenvalue weighted by Crippen LogP contribution is 2.63. The topological polar surface area (TPSA) is 75.6 Å². The molecule has 6 rings (SSSR count). The van der Waals surface area contributed by atoms with Crippen LogP contribution in [0, 0.1) is 17.8 Å². The van der Waals surface area contributed by atoms with Gasteiger partial charge in [0, 0.05) is 5.69 Å². The third kappa shape index (κ3) is 3.39. The quantitative estimate of drug-likeness (QED) is 0.391. The lowest BCUT2D eigenvalue weighted by atomic mass is 9.68. The van der Waals surface area contributed by atoms with Crippen LogP contribution in [0.25, 0.3) is 0 Å². The van der Waals surface area contributed by atoms with Crippen molar-refractivity contribution in [2.45, 2.75) is 31.2 Å². The van der Waals surface area contributed by atoms with Gasteiger partial charge in [-0.05, 0) is 96.5 Å². The SMILES string of the molecule is O=C(O)c1ccc2c(c1)[C@@H]1[C@H]3CC[C@@H](C3)[C@H]1[C@@H](c1ccc(OC(=O)c3ccccc3)cc1)N2. The predicted octanol–water partition coefficient (Wildman–Crippen LogP) is 5.90. The number of carbonyl (C=O) groups is 2. The molecule has 5 heteroatoms. The first-order chi connectivity index (χ1) is 16.1. The highest BCUT2D eigenvalue weighted by Gasteiger charge is 2.53. The maximum Gasteiger partial charge on any atom is 0.343 e. The number of nitrogens with one attached hydrogen (secondary N) is 1. The fourth-order valence-corrected chi connectivity index (χ4v) is 6.43. The predicted molar refractivity (Wildman–Crippen MR) is 125 cm³/mol. The van der Waals surface area contributed by atoms with Crippen LogP contribution < -0.4 is 10.1 Å². The van der Waals surface area contributed by atoms with Crippen LogP contribution in [0.15, 0.2) is 72.8 Å². The standard InChI is InChI=1S/C28H25NO4/c30-27(31)20-10-13-23-22(15-20)24-18-6-7-19(14-18)25(24)26(29-23)16-8-11-21(12-9-16)33-28(32)17-4-2-1-3-5-17/h1-5,8-13,15,18-19,24-26,29H,6-7,14H2,(H,30,31)/t18-,19-,24-,25+,26+/m0/s1. The number of hydrogen-bond donors (Lipinski definition) is 2. The number of carbonyl (C=O) groups excluding carboxylic acids is 1. The van der Waals surface area contributed by atoms with Gasteiger partial charge in [-0.15, -0.1) is 0 Å². The normalized spacial score (nSPS) is 26.7. The van der Waals surface area contributed by atoms with Gasteiger partial charge in [0.1, 0.15) is 5.75 Å². The molecule has 3 aliphatic rings. The molecule has 2 fully saturated rings. The number of esters is 1. The Bertz CT molecular complexity index is 1220. The number of aromatic carboxylic acids is 1. The minimum absolute atomic E-state index is 0.160. The molecule has 5 nitrogen and oxygen atoms in total. The zero-order valence-corrected chi connectivity index (χ0v) is 18.1. The summed E-state index contributed by atoms with van der Waals surface area (Å²) in [5.74, 6) is 1.39. The van der Waals surface area contributed by atoms with Crippen molar-refractivity contribution in [3.63, 3.8) is 0 Å². The van der Waals surface area contributed by atoms with Crippen molar-refractivity contribution in [1.82, 2.24) is 0 Å². The Morgan fingerprint density at radius 1 is 0.879 bits per heavy atom. The molecule has 0 radical (unpaired) electrons. The molecule has 2 aliphatic carbocycles. The molecule has 2 bridgehead atoms. The van der Waals surface area contributed by atoms with E-state index in [9.17, 15) is 14.7 Å². The fourth-order valence-electron chi connectivity index (χ4n) is 6.43. The summed E-state index contributed by atoms with van der Waals surface area (Å²) < 4.78 is 5.56. The van der Waals surface area contributed by atoms with Crippen LogP contribution in [-0.4, -0.2) is 17.0 Å². The van der Waals surface area contributed by atoms with Crippen LogP contribution in [0.3, 0.4) is 0 Å². The van der Waals surface area contributed by atoms with E-state index in [4.69, 9.17) is 4.74 Å². The largest absolute Gasteiger partial charge is 0.478 e. The van der Waals surface area contributed by atoms with Crippen LogP contribution in [0.4, 0.5) is 5.69 Å². The van der Waals surface area contributed by atoms with E-state index in [1.807, 2.05) is 54.6 Å². The number of hydrogen-bond acceptors (Lipinski definition) is 4. The van der Waals surface area contributed by atoms with Gasteiger partial charge in [0.2, 0.25) is 0 Å². The van der Waals surface area contributed by atoms with Crippen LogP contribution in [0.1, 0.15) is 63.1 Å². The molecule has 3 aromatic rings. The minimum atomic E-state index is -0.875. The molecule has 1 aliphatic heterocycles. The third-order valence-electron chi connectivity index (χ3n) is 7.79. The monoisotopic (exact) mass is 439 g/mol. The van der Waals surface area contributed by atoms with Gasteiger partial charge in [-0.2, -0.15) is 0 Å². The summed E-state index contributed by atoms with van der Waals surface area (Å²) in [6.07, 6.45) is 3.69. The second kappa shape index (κ2) is 7.77. The molecule has 0 saturated heterocycles. The molecule has 0 unspecified atom stereocenters. The highest BCUT2D eigenvalue weighted by atomic mass is 16.5. The number of ether oxygens (including phenoxy) is 1. The molecule has 0 aromatic heterocycles. The number of anilines is 1. The summed E-state index contributed by atoms with van der Waals surface area (Å²) in [7, 11) is 0. The smallest absolute Gasteiger partial charge is 0.343 e. The summed E-state index contributed by atoms with van der Waals surface area (Å²) in [5.41, 5.74) is 4.26. The summed E-state index contributed by atoms with van der Waals surface area (Å²) in [4.78, 5) is 23.9. The molecule has 33 heavy (non-hydrogen) atoms. The molecule has 0 amide bonds. The Balaban J connectivity index is 1.29. The fraction of sp³-hybridized carbons (Fsp3) is 0.286. The average molecular weight is 440 g/mol. The maximum atomic E-state index is 12.4. The van der Waals surface area contributed by atoms with Crippen LogP contribution >= 0.6 is 0 Å². The van der Waals surface area contributed by atoms with Crippen molar-refractivity contribution < 1.29 is 19.4 Å². The van der Waals surface area contributed by atoms with Crippen LogP contribution in [0.5, 0.6) is 5.75 Å². The van der Waals surface area contributed by atoms with Gasteiger partial charge in [0.25, 0.3) is 0 Å². The second-order valence-electron chi connectivity index (χ2n) is 9.49. The highest BCUT2D eigenvalue weighted by molar-refractivity contribution is 5.91. The van der Waals surface area contributed by atoms with Crippen molar-refractivity contribution >= 4 is 17.6 Å². The van der Waals surface area contributed by atoms with E-state index in [1.54, 1.807) is 18.2 Å². The lowest BCUT2D eigenvalue weighted by molar-refractivity contribution is 0.0694. The van der Waals surface area contributed by atoms with Gasteiger partial charge in [0.05, 0.1) is 17.2 Å². The minimum Gasteiger partial charge on any atom is -0.478 e. The molecule has 2 N–H and O–H groups in total. The molecule has 5 atom stereocenters. The first-order valence-electron chi connectivity index (χ1n) is 11.6. The van der Waals surface area contributed by atoms with E-state index >= 15 is 0 Å². The Hall–Kier alpha value is -3.60. The lowest BCUT2D eigenvalue weighted by Gasteiger charge is -2.43. The van der Waals surface area contributed by atoms with Gasteiger partial charge in [-0.25, -0.2) is 9.59 Å². The van der Waals surface area contributed by atoms with Crippen molar-refractivity contribution in [1.29, 1.82) is 0 Å². The Labute approximate surface area is 192 Å². The average Bonchev–Trinajstić information content (AvgIpc) is 3.47. The molecule has 0 spiro atoms. The number of carboxylic acids is 1. The molecule has 3 aromatic carbocycles. The van der Waals surface area contributed by atoms with Gasteiger partial charge >= 0.3 is 11.9 Å². The van der Waals surface area contributed by atoms with Gasteiger partial charge in [-0.1, -0.05) is 30.3 Å². The van der Waals surface area contributed by atoms with E-state index in [0.717, 1.165) is 11.3 Å². The van der Waals surface area contributed by atoms with E-state index in [2.05, 4.69) is 5.32 Å². The van der Waals surface area contributed by atoms with E-state index < -0.39 is 5.97 Å². The van der Waals surface area contributed by atoms with E-state index in [1.165, 1.54) is 24.8 Å². The molecular weight excluding hydrogens is 414 g/mol. The van der Waals surface area contributed by atoms with Crippen molar-refractivity contribution in [3.8, 4) is 5.75 Å². The summed E-state index contributed by atoms with van der Waals surface area (Å²) in [6.45, 7) is 0. The molecule has 1 heterocycles. The Morgan fingerprint density at radius 2 is 1.64 bits per heavy atom. The number of rotatable bonds is 4. The zero-order chi connectivity index (χ0) is 22.5. The van der Waals surface area contributed by atoms with Crippen LogP contribution in [0.2, 0.25) is 0 Å². The third-order valence-corrected chi connectivity index (χ3v) is 7.79. The molecule has 2 saturated carbocycles. The lowest BCUT2D eigenvalue weighted by Crippen LogP contribution is -2.35. The van der Waals surface area contributed by atoms with Gasteiger partial charge < -0.3 is 15.2 Å². The van der Waals surface area contributed by atoms with Crippen molar-refractivity contribution in [3.05, 3.63) is 95.1 Å². The maximum absolute atomic E-state index is 12.4. The molecule has 166 valence electrons. The van der Waals surface area contributed by atoms with Gasteiger partial charge in [-0.3, -0.25) is 0 Å². The van der Waals surface area contributed by atoms with Gasteiger partial charge in [0.15, 0.2) is 0 Å². The Morgan fingerprint density at radius 3 is 2.39 bits per heavy atom. The first-order valence-corrected chi connectivity index (χ1v) is 11.6. The number of carboxylic acid groups (broad SMARTS) is 1. The second-order valence-corrected chi connectivity index (χ2v) is 9.49. The first kappa shape index (κ1) is 20.0. The van der Waals surface area contributed by atoms with E-state index in [-0.39, 0.29) is 12.0 Å².